The van der Waals surface area contributed by atoms with Gasteiger partial charge in [-0.25, -0.2) is 8.78 Å². The first-order chi connectivity index (χ1) is 12.4. The summed E-state index contributed by atoms with van der Waals surface area (Å²) < 4.78 is 55.7. The minimum atomic E-state index is -2.96. The molecule has 2 aromatic rings. The van der Waals surface area contributed by atoms with E-state index in [0.29, 0.717) is 17.5 Å². The highest BCUT2D eigenvalue weighted by Crippen LogP contribution is 2.28. The number of nitrogens with one attached hydrogen (secondary N) is 1. The summed E-state index contributed by atoms with van der Waals surface area (Å²) in [4.78, 5) is 12.2. The molecule has 1 amide bonds. The predicted molar refractivity (Wildman–Crippen MR) is 88.9 cm³/mol. The fourth-order valence-corrected chi connectivity index (χ4v) is 2.59. The van der Waals surface area contributed by atoms with Crippen molar-refractivity contribution in [1.29, 1.82) is 0 Å². The van der Waals surface area contributed by atoms with Crippen molar-refractivity contribution in [2.75, 3.05) is 0 Å². The average molecular weight is 369 g/mol. The van der Waals surface area contributed by atoms with Gasteiger partial charge in [-0.1, -0.05) is 31.2 Å². The second kappa shape index (κ2) is 9.22. The molecule has 26 heavy (non-hydrogen) atoms. The van der Waals surface area contributed by atoms with Gasteiger partial charge in [-0.2, -0.15) is 8.78 Å². The molecular formula is C19H19F4NO2. The first-order valence-corrected chi connectivity index (χ1v) is 8.17. The molecule has 0 bridgehead atoms. The third kappa shape index (κ3) is 5.47. The zero-order chi connectivity index (χ0) is 19.1. The summed E-state index contributed by atoms with van der Waals surface area (Å²) in [6, 6.07) is 9.24. The molecule has 1 unspecified atom stereocenters. The maximum Gasteiger partial charge on any atom is 0.387 e. The van der Waals surface area contributed by atoms with Gasteiger partial charge in [-0.15, -0.1) is 0 Å². The Labute approximate surface area is 149 Å². The van der Waals surface area contributed by atoms with E-state index in [4.69, 9.17) is 0 Å². The third-order valence-corrected chi connectivity index (χ3v) is 3.88. The lowest BCUT2D eigenvalue weighted by molar-refractivity contribution is -0.121. The lowest BCUT2D eigenvalue weighted by Gasteiger charge is -2.20. The number of hydrogen-bond donors (Lipinski definition) is 1. The van der Waals surface area contributed by atoms with Crippen molar-refractivity contribution in [2.45, 2.75) is 38.8 Å². The van der Waals surface area contributed by atoms with Crippen LogP contribution in [-0.2, 0) is 11.2 Å². The highest BCUT2D eigenvalue weighted by molar-refractivity contribution is 5.76. The molecule has 1 N–H and O–H groups in total. The van der Waals surface area contributed by atoms with Gasteiger partial charge in [0, 0.05) is 12.0 Å². The van der Waals surface area contributed by atoms with Gasteiger partial charge in [0.25, 0.3) is 0 Å². The van der Waals surface area contributed by atoms with Crippen LogP contribution in [0.1, 0.15) is 36.9 Å². The molecule has 0 saturated heterocycles. The average Bonchev–Trinajstić information content (AvgIpc) is 2.61. The number of amides is 1. The van der Waals surface area contributed by atoms with Gasteiger partial charge < -0.3 is 10.1 Å². The number of benzene rings is 2. The highest BCUT2D eigenvalue weighted by Gasteiger charge is 2.18. The van der Waals surface area contributed by atoms with Crippen molar-refractivity contribution in [3.05, 3.63) is 65.2 Å². The Hall–Kier alpha value is -2.57. The molecule has 0 aliphatic heterocycles. The molecule has 0 fully saturated rings. The van der Waals surface area contributed by atoms with Crippen LogP contribution in [0.3, 0.4) is 0 Å². The molecule has 3 nitrogen and oxygen atoms in total. The van der Waals surface area contributed by atoms with Crippen molar-refractivity contribution in [3.8, 4) is 5.75 Å². The maximum absolute atomic E-state index is 13.2. The Morgan fingerprint density at radius 1 is 1.12 bits per heavy atom. The van der Waals surface area contributed by atoms with Crippen LogP contribution in [0.25, 0.3) is 0 Å². The second-order valence-electron chi connectivity index (χ2n) is 5.69. The standard InChI is InChI=1S/C19H19F4NO2/c1-2-16(13-5-3-4-6-17(13)26-19(22)23)24-18(25)10-8-12-7-9-14(20)15(21)11-12/h3-7,9,11,16,19H,2,8,10H2,1H3,(H,24,25). The van der Waals surface area contributed by atoms with E-state index >= 15 is 0 Å². The molecule has 1 atom stereocenters. The number of halogens is 4. The summed E-state index contributed by atoms with van der Waals surface area (Å²) in [7, 11) is 0. The van der Waals surface area contributed by atoms with E-state index in [2.05, 4.69) is 10.1 Å². The number of aryl methyl sites for hydroxylation is 1. The molecule has 0 aromatic heterocycles. The summed E-state index contributed by atoms with van der Waals surface area (Å²) in [5.74, 6) is -2.23. The van der Waals surface area contributed by atoms with E-state index in [1.165, 1.54) is 12.1 Å². The van der Waals surface area contributed by atoms with Crippen molar-refractivity contribution >= 4 is 5.91 Å². The van der Waals surface area contributed by atoms with Gasteiger partial charge in [-0.3, -0.25) is 4.79 Å². The van der Waals surface area contributed by atoms with Crippen LogP contribution in [0, 0.1) is 11.6 Å². The maximum atomic E-state index is 13.2. The van der Waals surface area contributed by atoms with E-state index in [1.807, 2.05) is 0 Å². The van der Waals surface area contributed by atoms with Crippen molar-refractivity contribution < 1.29 is 27.1 Å². The number of alkyl halides is 2. The van der Waals surface area contributed by atoms with Crippen LogP contribution in [0.4, 0.5) is 17.6 Å². The lowest BCUT2D eigenvalue weighted by atomic mass is 10.0. The van der Waals surface area contributed by atoms with E-state index in [0.717, 1.165) is 12.1 Å². The Bertz CT molecular complexity index is 752. The number of ether oxygens (including phenoxy) is 1. The molecule has 2 aromatic carbocycles. The predicted octanol–water partition coefficient (Wildman–Crippen LogP) is 4.77. The molecular weight excluding hydrogens is 350 g/mol. The fourth-order valence-electron chi connectivity index (χ4n) is 2.59. The Morgan fingerprint density at radius 3 is 2.50 bits per heavy atom. The number of para-hydroxylation sites is 1. The normalized spacial score (nSPS) is 12.1. The van der Waals surface area contributed by atoms with Gasteiger partial charge in [0.05, 0.1) is 6.04 Å². The van der Waals surface area contributed by atoms with Gasteiger partial charge in [0.2, 0.25) is 5.91 Å². The molecule has 0 aliphatic carbocycles. The van der Waals surface area contributed by atoms with Crippen LogP contribution >= 0.6 is 0 Å². The number of carbonyl (C=O) groups is 1. The topological polar surface area (TPSA) is 38.3 Å². The third-order valence-electron chi connectivity index (χ3n) is 3.88. The molecule has 0 heterocycles. The number of carbonyl (C=O) groups excluding carboxylic acids is 1. The van der Waals surface area contributed by atoms with Crippen molar-refractivity contribution in [2.24, 2.45) is 0 Å². The molecule has 140 valence electrons. The minimum Gasteiger partial charge on any atom is -0.434 e. The lowest BCUT2D eigenvalue weighted by Crippen LogP contribution is -2.28. The monoisotopic (exact) mass is 369 g/mol. The number of rotatable bonds is 8. The van der Waals surface area contributed by atoms with E-state index in [9.17, 15) is 22.4 Å². The zero-order valence-electron chi connectivity index (χ0n) is 14.1. The summed E-state index contributed by atoms with van der Waals surface area (Å²) in [6.07, 6.45) is 0.759. The minimum absolute atomic E-state index is 0.00950. The summed E-state index contributed by atoms with van der Waals surface area (Å²) in [6.45, 7) is -1.16. The fraction of sp³-hybridized carbons (Fsp3) is 0.316. The highest BCUT2D eigenvalue weighted by atomic mass is 19.3. The largest absolute Gasteiger partial charge is 0.434 e. The first kappa shape index (κ1) is 19.8. The quantitative estimate of drug-likeness (QED) is 0.681. The van der Waals surface area contributed by atoms with Crippen molar-refractivity contribution in [1.82, 2.24) is 5.32 Å². The SMILES string of the molecule is CCC(NC(=O)CCc1ccc(F)c(F)c1)c1ccccc1OC(F)F. The number of hydrogen-bond acceptors (Lipinski definition) is 2. The summed E-state index contributed by atoms with van der Waals surface area (Å²) in [5.41, 5.74) is 0.949. The first-order valence-electron chi connectivity index (χ1n) is 8.17. The van der Waals surface area contributed by atoms with Crippen LogP contribution < -0.4 is 10.1 Å². The summed E-state index contributed by atoms with van der Waals surface area (Å²) in [5, 5.41) is 2.76. The van der Waals surface area contributed by atoms with Crippen LogP contribution in [0.15, 0.2) is 42.5 Å². The molecule has 0 spiro atoms. The van der Waals surface area contributed by atoms with Crippen LogP contribution in [0.5, 0.6) is 5.75 Å². The Morgan fingerprint density at radius 2 is 1.85 bits per heavy atom. The van der Waals surface area contributed by atoms with Gasteiger partial charge in [0.15, 0.2) is 11.6 Å². The van der Waals surface area contributed by atoms with Gasteiger partial charge in [-0.05, 0) is 36.6 Å². The molecule has 7 heteroatoms. The van der Waals surface area contributed by atoms with E-state index in [-0.39, 0.29) is 24.5 Å². The van der Waals surface area contributed by atoms with Crippen LogP contribution in [0.2, 0.25) is 0 Å². The smallest absolute Gasteiger partial charge is 0.387 e. The van der Waals surface area contributed by atoms with Gasteiger partial charge in [0.1, 0.15) is 5.75 Å². The van der Waals surface area contributed by atoms with Crippen molar-refractivity contribution in [3.63, 3.8) is 0 Å². The zero-order valence-corrected chi connectivity index (χ0v) is 14.1. The molecule has 0 saturated carbocycles. The molecule has 2 rings (SSSR count). The second-order valence-corrected chi connectivity index (χ2v) is 5.69. The Kier molecular flexibility index (Phi) is 7.00. The molecule has 0 radical (unpaired) electrons. The summed E-state index contributed by atoms with van der Waals surface area (Å²) >= 11 is 0. The van der Waals surface area contributed by atoms with E-state index < -0.39 is 24.3 Å². The molecule has 0 aliphatic rings. The van der Waals surface area contributed by atoms with E-state index in [1.54, 1.807) is 25.1 Å². The van der Waals surface area contributed by atoms with Crippen LogP contribution in [-0.4, -0.2) is 12.5 Å². The van der Waals surface area contributed by atoms with Gasteiger partial charge >= 0.3 is 6.61 Å². The Balaban J connectivity index is 2.01.